The van der Waals surface area contributed by atoms with Crippen LogP contribution < -0.4 is 16.0 Å². The van der Waals surface area contributed by atoms with Gasteiger partial charge in [0.05, 0.1) is 10.2 Å². The third-order valence-electron chi connectivity index (χ3n) is 4.19. The second kappa shape index (κ2) is 7.94. The van der Waals surface area contributed by atoms with Gasteiger partial charge in [0.25, 0.3) is 5.91 Å². The first-order valence-corrected chi connectivity index (χ1v) is 10.0. The smallest absolute Gasteiger partial charge is 0.258 e. The van der Waals surface area contributed by atoms with E-state index in [1.54, 1.807) is 12.1 Å². The second-order valence-corrected chi connectivity index (χ2v) is 7.76. The monoisotopic (exact) mass is 420 g/mol. The van der Waals surface area contributed by atoms with E-state index in [1.807, 2.05) is 48.5 Å². The zero-order chi connectivity index (χ0) is 20.4. The van der Waals surface area contributed by atoms with Gasteiger partial charge < -0.3 is 10.6 Å². The normalized spacial score (nSPS) is 10.7. The molecule has 3 N–H and O–H groups in total. The summed E-state index contributed by atoms with van der Waals surface area (Å²) in [5.41, 5.74) is 2.03. The number of amides is 2. The molecule has 2 amide bonds. The van der Waals surface area contributed by atoms with Crippen molar-refractivity contribution in [3.8, 4) is 0 Å². The summed E-state index contributed by atoms with van der Waals surface area (Å²) in [6, 6.07) is 18.7. The highest BCUT2D eigenvalue weighted by Crippen LogP contribution is 2.28. The number of aromatic nitrogens is 1. The summed E-state index contributed by atoms with van der Waals surface area (Å²) in [7, 11) is 0. The van der Waals surface area contributed by atoms with E-state index < -0.39 is 0 Å². The maximum atomic E-state index is 12.7. The van der Waals surface area contributed by atoms with Crippen LogP contribution in [0.3, 0.4) is 0 Å². The summed E-state index contributed by atoms with van der Waals surface area (Å²) < 4.78 is 0.891. The quantitative estimate of drug-likeness (QED) is 0.424. The van der Waals surface area contributed by atoms with Crippen molar-refractivity contribution in [2.75, 3.05) is 10.6 Å². The Morgan fingerprint density at radius 1 is 1.00 bits per heavy atom. The lowest BCUT2D eigenvalue weighted by Gasteiger charge is -2.09. The van der Waals surface area contributed by atoms with Crippen LogP contribution in [0.15, 0.2) is 60.7 Å². The van der Waals surface area contributed by atoms with E-state index in [9.17, 15) is 9.59 Å². The molecule has 0 atom stereocenters. The van der Waals surface area contributed by atoms with Crippen molar-refractivity contribution in [1.29, 1.82) is 0 Å². The maximum absolute atomic E-state index is 12.7. The Bertz CT molecular complexity index is 1260. The largest absolute Gasteiger partial charge is 0.326 e. The molecule has 144 valence electrons. The fourth-order valence-electron chi connectivity index (χ4n) is 2.98. The lowest BCUT2D eigenvalue weighted by Crippen LogP contribution is -2.34. The van der Waals surface area contributed by atoms with Crippen molar-refractivity contribution in [3.63, 3.8) is 0 Å². The SMILES string of the molecule is CC(=O)Nc1ccc2nc(NC(=S)NC(=O)c3cccc4ccccc34)sc2c1. The van der Waals surface area contributed by atoms with Gasteiger partial charge in [-0.2, -0.15) is 0 Å². The van der Waals surface area contributed by atoms with E-state index in [4.69, 9.17) is 12.2 Å². The first-order valence-electron chi connectivity index (χ1n) is 8.78. The van der Waals surface area contributed by atoms with E-state index >= 15 is 0 Å². The minimum atomic E-state index is -0.284. The van der Waals surface area contributed by atoms with Gasteiger partial charge in [0.1, 0.15) is 0 Å². The summed E-state index contributed by atoms with van der Waals surface area (Å²) in [6.07, 6.45) is 0. The zero-order valence-electron chi connectivity index (χ0n) is 15.4. The summed E-state index contributed by atoms with van der Waals surface area (Å²) in [4.78, 5) is 28.4. The number of carbonyl (C=O) groups is 2. The van der Waals surface area contributed by atoms with Crippen molar-refractivity contribution >= 4 is 72.3 Å². The molecule has 4 rings (SSSR count). The molecule has 0 fully saturated rings. The van der Waals surface area contributed by atoms with Gasteiger partial charge in [0.15, 0.2) is 10.2 Å². The average molecular weight is 421 g/mol. The van der Waals surface area contributed by atoms with E-state index in [1.165, 1.54) is 18.3 Å². The molecular formula is C21H16N4O2S2. The molecule has 0 saturated heterocycles. The maximum Gasteiger partial charge on any atom is 0.258 e. The molecule has 0 aliphatic carbocycles. The topological polar surface area (TPSA) is 83.1 Å². The fourth-order valence-corrected chi connectivity index (χ4v) is 4.14. The number of anilines is 2. The molecule has 0 saturated carbocycles. The van der Waals surface area contributed by atoms with Crippen molar-refractivity contribution in [2.24, 2.45) is 0 Å². The van der Waals surface area contributed by atoms with Crippen LogP contribution in [0, 0.1) is 0 Å². The van der Waals surface area contributed by atoms with Crippen LogP contribution in [-0.2, 0) is 4.79 Å². The van der Waals surface area contributed by atoms with Crippen LogP contribution in [0.1, 0.15) is 17.3 Å². The highest BCUT2D eigenvalue weighted by molar-refractivity contribution is 7.80. The van der Waals surface area contributed by atoms with Crippen LogP contribution in [0.5, 0.6) is 0 Å². The third kappa shape index (κ3) is 4.23. The Kier molecular flexibility index (Phi) is 5.20. The Morgan fingerprint density at radius 3 is 2.62 bits per heavy atom. The van der Waals surface area contributed by atoms with Crippen LogP contribution in [0.4, 0.5) is 10.8 Å². The van der Waals surface area contributed by atoms with Crippen molar-refractivity contribution < 1.29 is 9.59 Å². The number of thiazole rings is 1. The molecule has 1 aromatic heterocycles. The summed E-state index contributed by atoms with van der Waals surface area (Å²) >= 11 is 6.67. The van der Waals surface area contributed by atoms with Crippen molar-refractivity contribution in [2.45, 2.75) is 6.92 Å². The number of hydrogen-bond donors (Lipinski definition) is 3. The van der Waals surface area contributed by atoms with Gasteiger partial charge in [-0.25, -0.2) is 4.98 Å². The average Bonchev–Trinajstić information content (AvgIpc) is 3.08. The predicted molar refractivity (Wildman–Crippen MR) is 122 cm³/mol. The molecule has 3 aromatic carbocycles. The first kappa shape index (κ1) is 19.0. The van der Waals surface area contributed by atoms with E-state index in [2.05, 4.69) is 20.9 Å². The highest BCUT2D eigenvalue weighted by atomic mass is 32.1. The Labute approximate surface area is 176 Å². The second-order valence-electron chi connectivity index (χ2n) is 6.32. The summed E-state index contributed by atoms with van der Waals surface area (Å²) in [5.74, 6) is -0.419. The molecule has 0 aliphatic rings. The predicted octanol–water partition coefficient (Wildman–Crippen LogP) is 4.53. The summed E-state index contributed by atoms with van der Waals surface area (Å²) in [6.45, 7) is 1.46. The molecule has 0 radical (unpaired) electrons. The van der Waals surface area contributed by atoms with Gasteiger partial charge in [-0.3, -0.25) is 14.9 Å². The minimum absolute atomic E-state index is 0.135. The number of hydrogen-bond acceptors (Lipinski definition) is 5. The van der Waals surface area contributed by atoms with Gasteiger partial charge in [0.2, 0.25) is 5.91 Å². The highest BCUT2D eigenvalue weighted by Gasteiger charge is 2.13. The molecule has 0 aliphatic heterocycles. The molecule has 29 heavy (non-hydrogen) atoms. The number of nitrogens with one attached hydrogen (secondary N) is 3. The standard InChI is InChI=1S/C21H16N4O2S2/c1-12(26)22-14-9-10-17-18(11-14)29-21(23-17)25-20(28)24-19(27)16-8-4-6-13-5-2-3-7-15(13)16/h2-11H,1H3,(H,22,26)(H2,23,24,25,27,28). The Morgan fingerprint density at radius 2 is 1.79 bits per heavy atom. The van der Waals surface area contributed by atoms with Crippen LogP contribution in [-0.4, -0.2) is 21.9 Å². The lowest BCUT2D eigenvalue weighted by molar-refractivity contribution is -0.114. The molecular weight excluding hydrogens is 404 g/mol. The molecule has 8 heteroatoms. The molecule has 0 spiro atoms. The van der Waals surface area contributed by atoms with E-state index in [0.29, 0.717) is 16.4 Å². The third-order valence-corrected chi connectivity index (χ3v) is 5.33. The van der Waals surface area contributed by atoms with Crippen LogP contribution in [0.2, 0.25) is 0 Å². The van der Waals surface area contributed by atoms with Gasteiger partial charge in [-0.05, 0) is 47.3 Å². The van der Waals surface area contributed by atoms with E-state index in [-0.39, 0.29) is 16.9 Å². The van der Waals surface area contributed by atoms with Crippen LogP contribution >= 0.6 is 23.6 Å². The lowest BCUT2D eigenvalue weighted by atomic mass is 10.0. The molecule has 6 nitrogen and oxygen atoms in total. The minimum Gasteiger partial charge on any atom is -0.326 e. The number of carbonyl (C=O) groups excluding carboxylic acids is 2. The van der Waals surface area contributed by atoms with Gasteiger partial charge in [-0.15, -0.1) is 0 Å². The Balaban J connectivity index is 1.49. The van der Waals surface area contributed by atoms with Crippen molar-refractivity contribution in [3.05, 3.63) is 66.2 Å². The number of rotatable bonds is 3. The number of nitrogens with zero attached hydrogens (tertiary/aromatic N) is 1. The number of fused-ring (bicyclic) bond motifs is 2. The fraction of sp³-hybridized carbons (Fsp3) is 0.0476. The van der Waals surface area contributed by atoms with E-state index in [0.717, 1.165) is 21.0 Å². The first-order chi connectivity index (χ1) is 14.0. The summed E-state index contributed by atoms with van der Waals surface area (Å²) in [5, 5.41) is 11.0. The molecule has 0 bridgehead atoms. The molecule has 0 unspecified atom stereocenters. The van der Waals surface area contributed by atoms with Crippen LogP contribution in [0.25, 0.3) is 21.0 Å². The zero-order valence-corrected chi connectivity index (χ0v) is 17.0. The molecule has 1 heterocycles. The number of thiocarbonyl (C=S) groups is 1. The molecule has 4 aromatic rings. The number of benzene rings is 3. The Hall–Kier alpha value is -3.36. The van der Waals surface area contributed by atoms with Gasteiger partial charge in [0, 0.05) is 18.2 Å². The van der Waals surface area contributed by atoms with Crippen molar-refractivity contribution in [1.82, 2.24) is 10.3 Å². The van der Waals surface area contributed by atoms with Gasteiger partial charge in [-0.1, -0.05) is 47.7 Å². The van der Waals surface area contributed by atoms with Gasteiger partial charge >= 0.3 is 0 Å².